The number of H-pyrrole nitrogens is 1. The van der Waals surface area contributed by atoms with Gasteiger partial charge in [-0.1, -0.05) is 71.7 Å². The Morgan fingerprint density at radius 3 is 2.58 bits per heavy atom. The Hall–Kier alpha value is -2.79. The number of benzene rings is 3. The summed E-state index contributed by atoms with van der Waals surface area (Å²) in [5.74, 6) is 0.111. The van der Waals surface area contributed by atoms with Gasteiger partial charge in [-0.3, -0.25) is 4.79 Å². The van der Waals surface area contributed by atoms with Gasteiger partial charge in [0.05, 0.1) is 21.5 Å². The second-order valence-corrected chi connectivity index (χ2v) is 8.90. The lowest BCUT2D eigenvalue weighted by Crippen LogP contribution is -2.30. The highest BCUT2D eigenvalue weighted by atomic mass is 35.5. The first kappa shape index (κ1) is 20.1. The molecule has 31 heavy (non-hydrogen) atoms. The van der Waals surface area contributed by atoms with Crippen molar-refractivity contribution in [1.29, 1.82) is 0 Å². The highest BCUT2D eigenvalue weighted by Gasteiger charge is 2.25. The van der Waals surface area contributed by atoms with Crippen molar-refractivity contribution in [2.75, 3.05) is 13.6 Å². The molecule has 0 aliphatic carbocycles. The van der Waals surface area contributed by atoms with Gasteiger partial charge in [0.25, 0.3) is 5.56 Å². The summed E-state index contributed by atoms with van der Waals surface area (Å²) in [4.78, 5) is 17.9. The smallest absolute Gasteiger partial charge is 0.260 e. The number of nitrogens with one attached hydrogen (secondary N) is 1. The summed E-state index contributed by atoms with van der Waals surface area (Å²) in [6, 6.07) is 19.5. The molecule has 4 aromatic rings. The highest BCUT2D eigenvalue weighted by molar-refractivity contribution is 6.39. The molecule has 2 N–H and O–H groups in total. The molecule has 0 radical (unpaired) electrons. The van der Waals surface area contributed by atoms with E-state index < -0.39 is 0 Å². The number of likely N-dealkylation sites (N-methyl/N-ethyl adjacent to an activating group) is 1. The van der Waals surface area contributed by atoms with Gasteiger partial charge in [0.2, 0.25) is 0 Å². The summed E-state index contributed by atoms with van der Waals surface area (Å²) in [6.45, 7) is 1.87. The van der Waals surface area contributed by atoms with Crippen LogP contribution in [-0.4, -0.2) is 28.6 Å². The predicted molar refractivity (Wildman–Crippen MR) is 126 cm³/mol. The second-order valence-electron chi connectivity index (χ2n) is 8.06. The van der Waals surface area contributed by atoms with Gasteiger partial charge in [0, 0.05) is 24.0 Å². The first-order valence-corrected chi connectivity index (χ1v) is 10.8. The van der Waals surface area contributed by atoms with Crippen LogP contribution in [0, 0.1) is 0 Å². The van der Waals surface area contributed by atoms with Crippen LogP contribution in [0.5, 0.6) is 5.75 Å². The summed E-state index contributed by atoms with van der Waals surface area (Å²) in [5.41, 5.74) is 4.69. The minimum atomic E-state index is -0.390. The lowest BCUT2D eigenvalue weighted by Gasteiger charge is -2.32. The van der Waals surface area contributed by atoms with E-state index in [0.717, 1.165) is 13.1 Å². The Balaban J connectivity index is 1.59. The quantitative estimate of drug-likeness (QED) is 0.406. The van der Waals surface area contributed by atoms with Crippen molar-refractivity contribution in [2.24, 2.45) is 0 Å². The minimum Gasteiger partial charge on any atom is -0.506 e. The number of nitrogens with zero attached hydrogens (tertiary/aromatic N) is 1. The lowest BCUT2D eigenvalue weighted by atomic mass is 9.84. The Morgan fingerprint density at radius 1 is 1.06 bits per heavy atom. The van der Waals surface area contributed by atoms with E-state index in [-0.39, 0.29) is 27.8 Å². The molecule has 1 unspecified atom stereocenters. The van der Waals surface area contributed by atoms with Gasteiger partial charge in [-0.05, 0) is 41.4 Å². The normalized spacial score (nSPS) is 16.4. The maximum atomic E-state index is 12.8. The van der Waals surface area contributed by atoms with E-state index in [9.17, 15) is 9.90 Å². The van der Waals surface area contributed by atoms with Gasteiger partial charge in [0.1, 0.15) is 5.75 Å². The largest absolute Gasteiger partial charge is 0.506 e. The maximum absolute atomic E-state index is 12.8. The van der Waals surface area contributed by atoms with E-state index in [1.54, 1.807) is 12.1 Å². The number of aromatic nitrogens is 1. The third-order valence-corrected chi connectivity index (χ3v) is 6.49. The number of pyridine rings is 1. The van der Waals surface area contributed by atoms with E-state index in [1.165, 1.54) is 16.7 Å². The molecule has 0 spiro atoms. The molecule has 0 amide bonds. The Bertz CT molecular complexity index is 1360. The van der Waals surface area contributed by atoms with Crippen LogP contribution in [0.25, 0.3) is 22.0 Å². The van der Waals surface area contributed by atoms with Crippen LogP contribution < -0.4 is 5.56 Å². The van der Waals surface area contributed by atoms with Crippen LogP contribution in [0.4, 0.5) is 0 Å². The van der Waals surface area contributed by atoms with E-state index >= 15 is 0 Å². The summed E-state index contributed by atoms with van der Waals surface area (Å²) < 4.78 is 0. The zero-order valence-electron chi connectivity index (χ0n) is 16.8. The van der Waals surface area contributed by atoms with Gasteiger partial charge in [-0.2, -0.15) is 0 Å². The lowest BCUT2D eigenvalue weighted by molar-refractivity contribution is 0.295. The molecule has 5 rings (SSSR count). The molecule has 1 aromatic heterocycles. The number of rotatable bonds is 2. The molecule has 0 bridgehead atoms. The Morgan fingerprint density at radius 2 is 1.81 bits per heavy atom. The van der Waals surface area contributed by atoms with Crippen LogP contribution >= 0.6 is 23.2 Å². The fourth-order valence-corrected chi connectivity index (χ4v) is 5.13. The molecule has 3 aromatic carbocycles. The average molecular weight is 451 g/mol. The van der Waals surface area contributed by atoms with Crippen molar-refractivity contribution in [1.82, 2.24) is 9.88 Å². The van der Waals surface area contributed by atoms with Gasteiger partial charge in [-0.25, -0.2) is 0 Å². The molecule has 4 nitrogen and oxygen atoms in total. The third-order valence-electron chi connectivity index (χ3n) is 5.97. The zero-order chi connectivity index (χ0) is 21.7. The van der Waals surface area contributed by atoms with E-state index in [4.69, 9.17) is 23.2 Å². The Kier molecular flexibility index (Phi) is 5.01. The first-order valence-electron chi connectivity index (χ1n) is 10.0. The molecule has 1 atom stereocenters. The average Bonchev–Trinajstić information content (AvgIpc) is 2.73. The number of aromatic amines is 1. The van der Waals surface area contributed by atoms with Gasteiger partial charge in [-0.15, -0.1) is 0 Å². The highest BCUT2D eigenvalue weighted by Crippen LogP contribution is 2.39. The van der Waals surface area contributed by atoms with E-state index in [2.05, 4.69) is 41.2 Å². The molecule has 6 heteroatoms. The van der Waals surface area contributed by atoms with Gasteiger partial charge < -0.3 is 15.0 Å². The second kappa shape index (κ2) is 7.72. The molecule has 1 aliphatic rings. The summed E-state index contributed by atoms with van der Waals surface area (Å²) >= 11 is 12.3. The maximum Gasteiger partial charge on any atom is 0.260 e. The van der Waals surface area contributed by atoms with E-state index in [1.807, 2.05) is 24.3 Å². The standard InChI is InChI=1S/C25H20Cl2N2O2/c1-29-12-16-4-2-3-5-18(16)19(13-29)14-6-8-15(9-7-14)22-24(30)23-20(27)10-17(26)11-21(23)28-25(22)31/h2-11,19H,12-13H2,1H3,(H2,28,30,31). The summed E-state index contributed by atoms with van der Waals surface area (Å²) in [6.07, 6.45) is 0. The van der Waals surface area contributed by atoms with Crippen molar-refractivity contribution in [3.05, 3.63) is 97.8 Å². The van der Waals surface area contributed by atoms with Crippen molar-refractivity contribution in [3.8, 4) is 16.9 Å². The summed E-state index contributed by atoms with van der Waals surface area (Å²) in [7, 11) is 2.12. The van der Waals surface area contributed by atoms with Crippen LogP contribution in [0.2, 0.25) is 10.0 Å². The van der Waals surface area contributed by atoms with Crippen molar-refractivity contribution >= 4 is 34.1 Å². The molecule has 1 aliphatic heterocycles. The van der Waals surface area contributed by atoms with Crippen LogP contribution in [-0.2, 0) is 6.54 Å². The third kappa shape index (κ3) is 3.51. The zero-order valence-corrected chi connectivity index (χ0v) is 18.3. The predicted octanol–water partition coefficient (Wildman–Crippen LogP) is 5.78. The number of hydrogen-bond acceptors (Lipinski definition) is 3. The van der Waals surface area contributed by atoms with E-state index in [0.29, 0.717) is 21.5 Å². The van der Waals surface area contributed by atoms with Crippen LogP contribution in [0.15, 0.2) is 65.5 Å². The number of aromatic hydroxyl groups is 1. The van der Waals surface area contributed by atoms with Crippen LogP contribution in [0.3, 0.4) is 0 Å². The first-order chi connectivity index (χ1) is 14.9. The number of halogens is 2. The molecule has 2 heterocycles. The van der Waals surface area contributed by atoms with Gasteiger partial charge >= 0.3 is 0 Å². The van der Waals surface area contributed by atoms with Crippen molar-refractivity contribution in [3.63, 3.8) is 0 Å². The van der Waals surface area contributed by atoms with Crippen molar-refractivity contribution < 1.29 is 5.11 Å². The summed E-state index contributed by atoms with van der Waals surface area (Å²) in [5, 5.41) is 11.9. The SMILES string of the molecule is CN1Cc2ccccc2C(c2ccc(-c3c(O)c4c(Cl)cc(Cl)cc4[nH]c3=O)cc2)C1. The van der Waals surface area contributed by atoms with Gasteiger partial charge in [0.15, 0.2) is 0 Å². The number of hydrogen-bond donors (Lipinski definition) is 2. The molecule has 0 fully saturated rings. The minimum absolute atomic E-state index is 0.143. The van der Waals surface area contributed by atoms with Crippen LogP contribution in [0.1, 0.15) is 22.6 Å². The molecule has 156 valence electrons. The molecule has 0 saturated carbocycles. The topological polar surface area (TPSA) is 56.3 Å². The fourth-order valence-electron chi connectivity index (χ4n) is 4.55. The Labute approximate surface area is 189 Å². The molecular weight excluding hydrogens is 431 g/mol. The molecule has 0 saturated heterocycles. The monoisotopic (exact) mass is 450 g/mol. The molecular formula is C25H20Cl2N2O2. The van der Waals surface area contributed by atoms with Crippen molar-refractivity contribution in [2.45, 2.75) is 12.5 Å². The fraction of sp³-hybridized carbons (Fsp3) is 0.160. The number of fused-ring (bicyclic) bond motifs is 2.